The summed E-state index contributed by atoms with van der Waals surface area (Å²) in [7, 11) is 0.509. The van der Waals surface area contributed by atoms with E-state index in [1.165, 1.54) is 0 Å². The molecule has 1 fully saturated rings. The molecular weight excluding hydrogens is 324 g/mol. The Hall–Kier alpha value is -2.33. The quantitative estimate of drug-likeness (QED) is 0.733. The van der Waals surface area contributed by atoms with Gasteiger partial charge in [0.1, 0.15) is 13.7 Å². The van der Waals surface area contributed by atoms with E-state index in [0.717, 1.165) is 34.5 Å². The van der Waals surface area contributed by atoms with Crippen LogP contribution in [0.25, 0.3) is 22.3 Å². The Kier molecular flexibility index (Phi) is 3.98. The minimum atomic E-state index is -1.32. The summed E-state index contributed by atoms with van der Waals surface area (Å²) in [6.45, 7) is 0.801. The fourth-order valence-electron chi connectivity index (χ4n) is 2.90. The minimum absolute atomic E-state index is 0.544. The molecule has 3 aromatic rings. The Morgan fingerprint density at radius 1 is 1.17 bits per heavy atom. The van der Waals surface area contributed by atoms with E-state index in [-0.39, 0.29) is 0 Å². The lowest BCUT2D eigenvalue weighted by Gasteiger charge is -2.17. The standard InChI is InChI=1S/C17H17FN5P/c1-19-17-16-15(20-6-7-21-16)10-14(22-17)12-2-4-13(5-3-12)23-8-9-24(18)11-23/h2-7,10H,8-9,11H2,1H3,(H,19,22). The molecule has 1 aliphatic rings. The van der Waals surface area contributed by atoms with Gasteiger partial charge in [-0.15, -0.1) is 0 Å². The maximum atomic E-state index is 13.4. The van der Waals surface area contributed by atoms with Gasteiger partial charge >= 0.3 is 0 Å². The zero-order valence-corrected chi connectivity index (χ0v) is 14.2. The molecule has 0 aliphatic carbocycles. The molecule has 122 valence electrons. The van der Waals surface area contributed by atoms with Crippen molar-refractivity contribution in [1.82, 2.24) is 15.0 Å². The van der Waals surface area contributed by atoms with Gasteiger partial charge in [-0.1, -0.05) is 12.1 Å². The van der Waals surface area contributed by atoms with Crippen LogP contribution in [0.2, 0.25) is 0 Å². The largest absolute Gasteiger partial charge is 0.371 e. The lowest BCUT2D eigenvalue weighted by Crippen LogP contribution is -2.17. The number of hydrogen-bond donors (Lipinski definition) is 1. The van der Waals surface area contributed by atoms with Crippen LogP contribution in [0.5, 0.6) is 0 Å². The molecule has 2 aromatic heterocycles. The first-order valence-electron chi connectivity index (χ1n) is 7.80. The molecule has 1 N–H and O–H groups in total. The Morgan fingerprint density at radius 2 is 1.96 bits per heavy atom. The van der Waals surface area contributed by atoms with Crippen molar-refractivity contribution in [3.63, 3.8) is 0 Å². The topological polar surface area (TPSA) is 53.9 Å². The van der Waals surface area contributed by atoms with Crippen LogP contribution in [0.3, 0.4) is 0 Å². The molecule has 0 radical (unpaired) electrons. The van der Waals surface area contributed by atoms with Gasteiger partial charge in [-0.2, -0.15) is 0 Å². The summed E-state index contributed by atoms with van der Waals surface area (Å²) in [6, 6.07) is 10.1. The van der Waals surface area contributed by atoms with Crippen LogP contribution in [0.15, 0.2) is 42.7 Å². The number of anilines is 2. The predicted molar refractivity (Wildman–Crippen MR) is 97.4 cm³/mol. The Morgan fingerprint density at radius 3 is 2.67 bits per heavy atom. The van der Waals surface area contributed by atoms with Gasteiger partial charge in [0, 0.05) is 43.4 Å². The number of nitrogens with zero attached hydrogens (tertiary/aromatic N) is 4. The molecule has 5 nitrogen and oxygen atoms in total. The van der Waals surface area contributed by atoms with Crippen molar-refractivity contribution in [1.29, 1.82) is 0 Å². The summed E-state index contributed by atoms with van der Waals surface area (Å²) >= 11 is 0. The van der Waals surface area contributed by atoms with Gasteiger partial charge in [0.05, 0.1) is 17.5 Å². The van der Waals surface area contributed by atoms with Gasteiger partial charge in [0.2, 0.25) is 0 Å². The van der Waals surface area contributed by atoms with Crippen LogP contribution in [0.1, 0.15) is 0 Å². The van der Waals surface area contributed by atoms with Crippen LogP contribution in [0, 0.1) is 0 Å². The summed E-state index contributed by atoms with van der Waals surface area (Å²) < 4.78 is 13.4. The van der Waals surface area contributed by atoms with Gasteiger partial charge in [-0.25, -0.2) is 14.2 Å². The average molecular weight is 341 g/mol. The average Bonchev–Trinajstić information content (AvgIpc) is 3.07. The third kappa shape index (κ3) is 2.78. The highest BCUT2D eigenvalue weighted by atomic mass is 31.2. The number of nitrogens with one attached hydrogen (secondary N) is 1. The van der Waals surface area contributed by atoms with Crippen molar-refractivity contribution in [3.05, 3.63) is 42.7 Å². The molecule has 1 aliphatic heterocycles. The Bertz CT molecular complexity index is 870. The van der Waals surface area contributed by atoms with E-state index in [9.17, 15) is 4.20 Å². The van der Waals surface area contributed by atoms with E-state index < -0.39 is 8.23 Å². The zero-order valence-electron chi connectivity index (χ0n) is 13.3. The Balaban J connectivity index is 1.69. The molecule has 1 unspecified atom stereocenters. The summed E-state index contributed by atoms with van der Waals surface area (Å²) in [5, 5.41) is 3.08. The molecule has 1 aromatic carbocycles. The van der Waals surface area contributed by atoms with E-state index in [1.54, 1.807) is 12.4 Å². The van der Waals surface area contributed by atoms with E-state index in [2.05, 4.69) is 25.2 Å². The van der Waals surface area contributed by atoms with E-state index in [1.807, 2.05) is 37.4 Å². The number of fused-ring (bicyclic) bond motifs is 1. The van der Waals surface area contributed by atoms with Gasteiger partial charge in [0.25, 0.3) is 0 Å². The fraction of sp³-hybridized carbons (Fsp3) is 0.235. The second-order valence-electron chi connectivity index (χ2n) is 5.67. The maximum Gasteiger partial charge on any atom is 0.154 e. The number of hydrogen-bond acceptors (Lipinski definition) is 5. The van der Waals surface area contributed by atoms with Gasteiger partial charge in [-0.05, 0) is 18.2 Å². The lowest BCUT2D eigenvalue weighted by molar-refractivity contribution is 0.894. The third-order valence-corrected chi connectivity index (χ3v) is 5.49. The van der Waals surface area contributed by atoms with Crippen LogP contribution in [-0.2, 0) is 0 Å². The SMILES string of the molecule is CNc1nc(-c2ccc(N3CCP(F)C3)cc2)cc2nccnc12. The summed E-state index contributed by atoms with van der Waals surface area (Å²) in [4.78, 5) is 15.5. The van der Waals surface area contributed by atoms with Crippen LogP contribution in [-0.4, -0.2) is 41.0 Å². The highest BCUT2D eigenvalue weighted by Gasteiger charge is 2.22. The number of halogens is 1. The van der Waals surface area contributed by atoms with E-state index >= 15 is 0 Å². The zero-order chi connectivity index (χ0) is 16.5. The van der Waals surface area contributed by atoms with Crippen molar-refractivity contribution >= 4 is 30.8 Å². The normalized spacial score (nSPS) is 17.4. The maximum absolute atomic E-state index is 13.4. The monoisotopic (exact) mass is 341 g/mol. The predicted octanol–water partition coefficient (Wildman–Crippen LogP) is 3.88. The van der Waals surface area contributed by atoms with Crippen molar-refractivity contribution in [2.24, 2.45) is 0 Å². The molecule has 3 heterocycles. The number of pyridine rings is 1. The summed E-state index contributed by atoms with van der Waals surface area (Å²) in [5.74, 6) is 0.710. The van der Waals surface area contributed by atoms with Gasteiger partial charge < -0.3 is 10.2 Å². The molecule has 4 rings (SSSR count). The number of rotatable bonds is 3. The Labute approximate surface area is 140 Å². The molecule has 0 saturated carbocycles. The smallest absolute Gasteiger partial charge is 0.154 e. The highest BCUT2D eigenvalue weighted by molar-refractivity contribution is 7.52. The van der Waals surface area contributed by atoms with E-state index in [0.29, 0.717) is 18.3 Å². The van der Waals surface area contributed by atoms with Crippen molar-refractivity contribution in [2.75, 3.05) is 36.3 Å². The molecule has 7 heteroatoms. The van der Waals surface area contributed by atoms with Gasteiger partial charge in [0.15, 0.2) is 5.82 Å². The van der Waals surface area contributed by atoms with Crippen LogP contribution in [0.4, 0.5) is 15.7 Å². The minimum Gasteiger partial charge on any atom is -0.371 e. The molecule has 24 heavy (non-hydrogen) atoms. The van der Waals surface area contributed by atoms with Gasteiger partial charge in [-0.3, -0.25) is 4.98 Å². The second kappa shape index (κ2) is 6.29. The van der Waals surface area contributed by atoms with Crippen molar-refractivity contribution < 1.29 is 4.20 Å². The van der Waals surface area contributed by atoms with Crippen molar-refractivity contribution in [2.45, 2.75) is 0 Å². The fourth-order valence-corrected chi connectivity index (χ4v) is 4.18. The molecule has 0 spiro atoms. The first kappa shape index (κ1) is 15.2. The molecule has 1 saturated heterocycles. The van der Waals surface area contributed by atoms with Crippen molar-refractivity contribution in [3.8, 4) is 11.3 Å². The number of aromatic nitrogens is 3. The third-order valence-electron chi connectivity index (χ3n) is 4.16. The lowest BCUT2D eigenvalue weighted by atomic mass is 10.1. The number of benzene rings is 1. The molecule has 0 bridgehead atoms. The molecular formula is C17H17FN5P. The second-order valence-corrected chi connectivity index (χ2v) is 7.32. The molecule has 1 atom stereocenters. The van der Waals surface area contributed by atoms with Crippen LogP contribution >= 0.6 is 8.23 Å². The summed E-state index contributed by atoms with van der Waals surface area (Å²) in [6.07, 6.45) is 4.56. The van der Waals surface area contributed by atoms with Crippen LogP contribution < -0.4 is 10.2 Å². The highest BCUT2D eigenvalue weighted by Crippen LogP contribution is 2.43. The first-order valence-corrected chi connectivity index (χ1v) is 9.40. The first-order chi connectivity index (χ1) is 11.7. The molecule has 0 amide bonds. The van der Waals surface area contributed by atoms with E-state index in [4.69, 9.17) is 0 Å². The summed E-state index contributed by atoms with van der Waals surface area (Å²) in [5.41, 5.74) is 4.47.